The minimum atomic E-state index is -4.52. The highest BCUT2D eigenvalue weighted by atomic mass is 19.4. The van der Waals surface area contributed by atoms with Crippen LogP contribution in [-0.4, -0.2) is 49.7 Å². The molecule has 0 fully saturated rings. The Morgan fingerprint density at radius 3 is 2.42 bits per heavy atom. The Labute approximate surface area is 186 Å². The zero-order chi connectivity index (χ0) is 23.8. The number of methoxy groups -OCH3 is 1. The van der Waals surface area contributed by atoms with Gasteiger partial charge in [-0.3, -0.25) is 4.68 Å². The molecule has 0 radical (unpaired) electrons. The van der Waals surface area contributed by atoms with Crippen molar-refractivity contribution in [2.45, 2.75) is 26.6 Å². The molecule has 0 bridgehead atoms. The van der Waals surface area contributed by atoms with Gasteiger partial charge in [0, 0.05) is 11.1 Å². The average Bonchev–Trinajstić information content (AvgIpc) is 3.40. The molecule has 4 aromatic rings. The fourth-order valence-electron chi connectivity index (χ4n) is 3.80. The first-order valence-corrected chi connectivity index (χ1v) is 9.86. The van der Waals surface area contributed by atoms with E-state index in [0.717, 1.165) is 21.4 Å². The van der Waals surface area contributed by atoms with Crippen molar-refractivity contribution in [1.82, 2.24) is 30.4 Å². The Morgan fingerprint density at radius 1 is 1.09 bits per heavy atom. The van der Waals surface area contributed by atoms with Crippen LogP contribution >= 0.6 is 0 Å². The summed E-state index contributed by atoms with van der Waals surface area (Å²) in [6, 6.07) is 12.7. The van der Waals surface area contributed by atoms with E-state index in [1.54, 1.807) is 19.1 Å². The fourth-order valence-corrected chi connectivity index (χ4v) is 3.80. The van der Waals surface area contributed by atoms with E-state index in [-0.39, 0.29) is 17.0 Å². The molecule has 2 aromatic carbocycles. The highest BCUT2D eigenvalue weighted by Gasteiger charge is 2.33. The predicted octanol–water partition coefficient (Wildman–Crippen LogP) is 4.36. The van der Waals surface area contributed by atoms with Gasteiger partial charge in [-0.15, -0.1) is 5.10 Å². The van der Waals surface area contributed by atoms with Crippen molar-refractivity contribution in [3.8, 4) is 33.8 Å². The summed E-state index contributed by atoms with van der Waals surface area (Å²) in [5.41, 5.74) is 3.74. The lowest BCUT2D eigenvalue weighted by molar-refractivity contribution is -0.142. The molecular formula is C22H19F3N6O2. The number of H-pyrrole nitrogens is 1. The zero-order valence-electron chi connectivity index (χ0n) is 17.9. The topological polar surface area (TPSA) is 98.6 Å². The molecular weight excluding hydrogens is 437 g/mol. The van der Waals surface area contributed by atoms with E-state index in [9.17, 15) is 18.0 Å². The van der Waals surface area contributed by atoms with Gasteiger partial charge in [-0.2, -0.15) is 18.3 Å². The largest absolute Gasteiger partial charge is 0.465 e. The monoisotopic (exact) mass is 456 g/mol. The third kappa shape index (κ3) is 4.34. The quantitative estimate of drug-likeness (QED) is 0.448. The molecule has 2 aromatic heterocycles. The number of carbonyl (C=O) groups excluding carboxylic acids is 1. The molecule has 0 unspecified atom stereocenters. The number of esters is 1. The number of aromatic nitrogens is 6. The number of benzene rings is 2. The molecule has 0 aliphatic carbocycles. The van der Waals surface area contributed by atoms with Gasteiger partial charge in [0.25, 0.3) is 0 Å². The van der Waals surface area contributed by atoms with Crippen LogP contribution < -0.4 is 0 Å². The van der Waals surface area contributed by atoms with Crippen molar-refractivity contribution in [2.75, 3.05) is 7.11 Å². The number of aromatic amines is 1. The smallest absolute Gasteiger partial charge is 0.408 e. The number of nitrogens with zero attached hydrogens (tertiary/aromatic N) is 5. The van der Waals surface area contributed by atoms with E-state index in [1.807, 2.05) is 30.3 Å². The van der Waals surface area contributed by atoms with Gasteiger partial charge >= 0.3 is 12.1 Å². The molecule has 2 heterocycles. The van der Waals surface area contributed by atoms with E-state index in [2.05, 4.69) is 25.7 Å². The first-order chi connectivity index (χ1) is 15.7. The van der Waals surface area contributed by atoms with Gasteiger partial charge < -0.3 is 4.74 Å². The summed E-state index contributed by atoms with van der Waals surface area (Å²) in [6.07, 6.45) is -4.52. The molecule has 8 nitrogen and oxygen atoms in total. The summed E-state index contributed by atoms with van der Waals surface area (Å²) in [7, 11) is 1.18. The number of nitrogens with one attached hydrogen (secondary N) is 1. The van der Waals surface area contributed by atoms with Crippen molar-refractivity contribution in [3.63, 3.8) is 0 Å². The number of aryl methyl sites for hydroxylation is 2. The van der Waals surface area contributed by atoms with Crippen LogP contribution in [0, 0.1) is 13.8 Å². The summed E-state index contributed by atoms with van der Waals surface area (Å²) in [6.45, 7) is 1.91. The minimum Gasteiger partial charge on any atom is -0.465 e. The van der Waals surface area contributed by atoms with Crippen LogP contribution in [0.5, 0.6) is 0 Å². The second kappa shape index (κ2) is 8.49. The van der Waals surface area contributed by atoms with E-state index in [1.165, 1.54) is 14.0 Å². The molecule has 4 rings (SSSR count). The lowest BCUT2D eigenvalue weighted by Crippen LogP contribution is -2.20. The van der Waals surface area contributed by atoms with Gasteiger partial charge in [0.15, 0.2) is 5.82 Å². The van der Waals surface area contributed by atoms with Crippen molar-refractivity contribution in [2.24, 2.45) is 0 Å². The molecule has 0 amide bonds. The zero-order valence-corrected chi connectivity index (χ0v) is 17.9. The molecule has 11 heteroatoms. The second-order valence-electron chi connectivity index (χ2n) is 7.40. The number of rotatable bonds is 5. The molecule has 0 aliphatic heterocycles. The number of ether oxygens (including phenoxy) is 1. The van der Waals surface area contributed by atoms with E-state index in [4.69, 9.17) is 4.74 Å². The van der Waals surface area contributed by atoms with Gasteiger partial charge in [0.05, 0.1) is 18.5 Å². The molecule has 0 saturated heterocycles. The van der Waals surface area contributed by atoms with Crippen LogP contribution in [0.2, 0.25) is 0 Å². The highest BCUT2D eigenvalue weighted by Crippen LogP contribution is 2.36. The summed E-state index contributed by atoms with van der Waals surface area (Å²) >= 11 is 0. The average molecular weight is 456 g/mol. The summed E-state index contributed by atoms with van der Waals surface area (Å²) in [5.74, 6) is -0.262. The maximum Gasteiger partial charge on any atom is 0.408 e. The van der Waals surface area contributed by atoms with Crippen molar-refractivity contribution < 1.29 is 22.7 Å². The van der Waals surface area contributed by atoms with Crippen molar-refractivity contribution in [1.29, 1.82) is 0 Å². The molecule has 0 saturated carbocycles. The van der Waals surface area contributed by atoms with Crippen LogP contribution in [0.15, 0.2) is 42.5 Å². The lowest BCUT2D eigenvalue weighted by atomic mass is 9.94. The summed E-state index contributed by atoms with van der Waals surface area (Å²) in [4.78, 5) is 12.4. The minimum absolute atomic E-state index is 0.00531. The number of tetrazole rings is 1. The molecule has 0 atom stereocenters. The van der Waals surface area contributed by atoms with Crippen LogP contribution in [0.4, 0.5) is 13.2 Å². The third-order valence-corrected chi connectivity index (χ3v) is 5.17. The number of hydrogen-bond acceptors (Lipinski definition) is 6. The highest BCUT2D eigenvalue weighted by molar-refractivity contribution is 5.98. The first kappa shape index (κ1) is 22.2. The van der Waals surface area contributed by atoms with Crippen LogP contribution in [0.1, 0.15) is 21.6 Å². The van der Waals surface area contributed by atoms with Crippen LogP contribution in [0.3, 0.4) is 0 Å². The summed E-state index contributed by atoms with van der Waals surface area (Å²) in [5, 5.41) is 17.9. The van der Waals surface area contributed by atoms with E-state index < -0.39 is 18.7 Å². The van der Waals surface area contributed by atoms with Gasteiger partial charge in [0.1, 0.15) is 12.1 Å². The predicted molar refractivity (Wildman–Crippen MR) is 113 cm³/mol. The SMILES string of the molecule is COC(=O)c1c(C)nn(CC(F)(F)F)c1-c1ccc(-c2ccccc2-c2nnn[nH]2)cc1C. The summed E-state index contributed by atoms with van der Waals surface area (Å²) < 4.78 is 45.3. The Hall–Kier alpha value is -4.02. The van der Waals surface area contributed by atoms with Gasteiger partial charge in [-0.1, -0.05) is 42.5 Å². The molecule has 1 N–H and O–H groups in total. The van der Waals surface area contributed by atoms with E-state index in [0.29, 0.717) is 17.0 Å². The van der Waals surface area contributed by atoms with Gasteiger partial charge in [0.2, 0.25) is 0 Å². The van der Waals surface area contributed by atoms with Crippen molar-refractivity contribution in [3.05, 3.63) is 59.3 Å². The van der Waals surface area contributed by atoms with Gasteiger partial charge in [-0.25, -0.2) is 9.89 Å². The molecule has 170 valence electrons. The fraction of sp³-hybridized carbons (Fsp3) is 0.227. The molecule has 33 heavy (non-hydrogen) atoms. The number of hydrogen-bond donors (Lipinski definition) is 1. The Balaban J connectivity index is 1.86. The maximum atomic E-state index is 13.2. The Kier molecular flexibility index (Phi) is 5.71. The van der Waals surface area contributed by atoms with Gasteiger partial charge in [-0.05, 0) is 41.0 Å². The first-order valence-electron chi connectivity index (χ1n) is 9.86. The normalized spacial score (nSPS) is 11.6. The lowest BCUT2D eigenvalue weighted by Gasteiger charge is -2.15. The molecule has 0 aliphatic rings. The third-order valence-electron chi connectivity index (χ3n) is 5.17. The van der Waals surface area contributed by atoms with Crippen LogP contribution in [0.25, 0.3) is 33.8 Å². The number of carbonyl (C=O) groups is 1. The maximum absolute atomic E-state index is 13.2. The second-order valence-corrected chi connectivity index (χ2v) is 7.40. The Bertz CT molecular complexity index is 1310. The molecule has 0 spiro atoms. The van der Waals surface area contributed by atoms with Crippen LogP contribution in [-0.2, 0) is 11.3 Å². The van der Waals surface area contributed by atoms with E-state index >= 15 is 0 Å². The standard InChI is InChI=1S/C22H19F3N6O2/c1-12-10-14(16-6-4-5-7-17(16)20-26-29-30-27-20)8-9-15(12)19-18(21(32)33-3)13(2)28-31(19)11-22(23,24)25/h4-10H,11H2,1-3H3,(H,26,27,29,30). The Morgan fingerprint density at radius 2 is 1.82 bits per heavy atom. The van der Waals surface area contributed by atoms with Crippen molar-refractivity contribution >= 4 is 5.97 Å². The number of halogens is 3. The number of alkyl halides is 3.